The SMILES string of the molecule is O=C(c1cccnc1)N1CCN(CCOc2ccccc2F)CC1. The number of piperazine rings is 1. The lowest BCUT2D eigenvalue weighted by atomic mass is 10.2. The Bertz CT molecular complexity index is 673. The van der Waals surface area contributed by atoms with Crippen LogP contribution in [-0.4, -0.2) is 60.0 Å². The molecule has 1 aliphatic heterocycles. The number of hydrogen-bond donors (Lipinski definition) is 0. The van der Waals surface area contributed by atoms with Crippen LogP contribution in [0, 0.1) is 5.82 Å². The van der Waals surface area contributed by atoms with E-state index in [4.69, 9.17) is 4.74 Å². The predicted molar refractivity (Wildman–Crippen MR) is 88.5 cm³/mol. The quantitative estimate of drug-likeness (QED) is 0.842. The van der Waals surface area contributed by atoms with Crippen molar-refractivity contribution < 1.29 is 13.9 Å². The molecule has 6 heteroatoms. The normalized spacial score (nSPS) is 15.3. The van der Waals surface area contributed by atoms with Gasteiger partial charge in [-0.3, -0.25) is 14.7 Å². The Labute approximate surface area is 140 Å². The number of carbonyl (C=O) groups excluding carboxylic acids is 1. The van der Waals surface area contributed by atoms with Crippen molar-refractivity contribution in [3.8, 4) is 5.75 Å². The highest BCUT2D eigenvalue weighted by Gasteiger charge is 2.22. The molecule has 0 aliphatic carbocycles. The van der Waals surface area contributed by atoms with E-state index in [9.17, 15) is 9.18 Å². The van der Waals surface area contributed by atoms with Gasteiger partial charge in [-0.25, -0.2) is 4.39 Å². The van der Waals surface area contributed by atoms with Crippen LogP contribution in [0.2, 0.25) is 0 Å². The van der Waals surface area contributed by atoms with Gasteiger partial charge in [-0.1, -0.05) is 12.1 Å². The van der Waals surface area contributed by atoms with Crippen LogP contribution in [0.5, 0.6) is 5.75 Å². The molecule has 1 amide bonds. The molecule has 5 nitrogen and oxygen atoms in total. The van der Waals surface area contributed by atoms with E-state index in [2.05, 4.69) is 9.88 Å². The maximum Gasteiger partial charge on any atom is 0.255 e. The summed E-state index contributed by atoms with van der Waals surface area (Å²) in [5.41, 5.74) is 0.619. The molecule has 126 valence electrons. The molecule has 2 heterocycles. The van der Waals surface area contributed by atoms with Crippen LogP contribution in [0.25, 0.3) is 0 Å². The first kappa shape index (κ1) is 16.4. The number of para-hydroxylation sites is 1. The van der Waals surface area contributed by atoms with Gasteiger partial charge in [0.2, 0.25) is 0 Å². The summed E-state index contributed by atoms with van der Waals surface area (Å²) in [5, 5.41) is 0. The van der Waals surface area contributed by atoms with Gasteiger partial charge in [0.05, 0.1) is 5.56 Å². The minimum atomic E-state index is -0.343. The molecule has 2 aromatic rings. The fourth-order valence-corrected chi connectivity index (χ4v) is 2.69. The molecule has 3 rings (SSSR count). The van der Waals surface area contributed by atoms with E-state index in [0.29, 0.717) is 31.8 Å². The molecule has 1 saturated heterocycles. The number of ether oxygens (including phenoxy) is 1. The van der Waals surface area contributed by atoms with E-state index in [1.54, 1.807) is 42.7 Å². The van der Waals surface area contributed by atoms with Crippen molar-refractivity contribution in [1.82, 2.24) is 14.8 Å². The third-order valence-corrected chi connectivity index (χ3v) is 4.07. The number of benzene rings is 1. The van der Waals surface area contributed by atoms with E-state index in [1.807, 2.05) is 4.90 Å². The fourth-order valence-electron chi connectivity index (χ4n) is 2.69. The Morgan fingerprint density at radius 3 is 2.62 bits per heavy atom. The zero-order valence-corrected chi connectivity index (χ0v) is 13.4. The summed E-state index contributed by atoms with van der Waals surface area (Å²) >= 11 is 0. The van der Waals surface area contributed by atoms with Crippen molar-refractivity contribution in [3.63, 3.8) is 0 Å². The molecule has 1 aliphatic rings. The molecule has 0 spiro atoms. The predicted octanol–water partition coefficient (Wildman–Crippen LogP) is 2.06. The Morgan fingerprint density at radius 2 is 1.92 bits per heavy atom. The van der Waals surface area contributed by atoms with Gasteiger partial charge < -0.3 is 9.64 Å². The molecular weight excluding hydrogens is 309 g/mol. The van der Waals surface area contributed by atoms with Crippen molar-refractivity contribution in [2.24, 2.45) is 0 Å². The number of nitrogens with zero attached hydrogens (tertiary/aromatic N) is 3. The van der Waals surface area contributed by atoms with E-state index >= 15 is 0 Å². The Morgan fingerprint density at radius 1 is 1.12 bits per heavy atom. The molecule has 0 bridgehead atoms. The van der Waals surface area contributed by atoms with Gasteiger partial charge in [-0.2, -0.15) is 0 Å². The maximum atomic E-state index is 13.5. The van der Waals surface area contributed by atoms with Gasteiger partial charge >= 0.3 is 0 Å². The second kappa shape index (κ2) is 7.88. The first-order valence-electron chi connectivity index (χ1n) is 8.03. The third kappa shape index (κ3) is 4.08. The zero-order chi connectivity index (χ0) is 16.8. The second-order valence-electron chi connectivity index (χ2n) is 5.65. The fraction of sp³-hybridized carbons (Fsp3) is 0.333. The number of aromatic nitrogens is 1. The van der Waals surface area contributed by atoms with Crippen molar-refractivity contribution in [2.75, 3.05) is 39.3 Å². The average molecular weight is 329 g/mol. The number of pyridine rings is 1. The van der Waals surface area contributed by atoms with Crippen LogP contribution in [-0.2, 0) is 0 Å². The smallest absolute Gasteiger partial charge is 0.255 e. The molecule has 0 atom stereocenters. The monoisotopic (exact) mass is 329 g/mol. The van der Waals surface area contributed by atoms with E-state index in [0.717, 1.165) is 13.1 Å². The number of carbonyl (C=O) groups is 1. The van der Waals surface area contributed by atoms with Gasteiger partial charge in [-0.15, -0.1) is 0 Å². The lowest BCUT2D eigenvalue weighted by Crippen LogP contribution is -2.49. The molecule has 1 aromatic heterocycles. The summed E-state index contributed by atoms with van der Waals surface area (Å²) in [6.07, 6.45) is 3.25. The number of amides is 1. The van der Waals surface area contributed by atoms with E-state index in [1.165, 1.54) is 6.07 Å². The lowest BCUT2D eigenvalue weighted by Gasteiger charge is -2.34. The van der Waals surface area contributed by atoms with Crippen molar-refractivity contribution in [2.45, 2.75) is 0 Å². The molecule has 0 radical (unpaired) electrons. The summed E-state index contributed by atoms with van der Waals surface area (Å²) < 4.78 is 18.9. The van der Waals surface area contributed by atoms with E-state index in [-0.39, 0.29) is 17.5 Å². The van der Waals surface area contributed by atoms with Crippen LogP contribution in [0.1, 0.15) is 10.4 Å². The molecule has 0 saturated carbocycles. The Kier molecular flexibility index (Phi) is 5.38. The van der Waals surface area contributed by atoms with Crippen LogP contribution >= 0.6 is 0 Å². The molecule has 24 heavy (non-hydrogen) atoms. The molecule has 0 unspecified atom stereocenters. The van der Waals surface area contributed by atoms with Crippen molar-refractivity contribution >= 4 is 5.91 Å². The van der Waals surface area contributed by atoms with Crippen molar-refractivity contribution in [3.05, 3.63) is 60.2 Å². The summed E-state index contributed by atoms with van der Waals surface area (Å²) in [6.45, 7) is 4.06. The summed E-state index contributed by atoms with van der Waals surface area (Å²) in [4.78, 5) is 20.4. The average Bonchev–Trinajstić information content (AvgIpc) is 2.64. The third-order valence-electron chi connectivity index (χ3n) is 4.07. The van der Waals surface area contributed by atoms with Crippen LogP contribution in [0.4, 0.5) is 4.39 Å². The topological polar surface area (TPSA) is 45.7 Å². The van der Waals surface area contributed by atoms with E-state index < -0.39 is 0 Å². The highest BCUT2D eigenvalue weighted by atomic mass is 19.1. The summed E-state index contributed by atoms with van der Waals surface area (Å²) in [7, 11) is 0. The van der Waals surface area contributed by atoms with Crippen LogP contribution in [0.15, 0.2) is 48.8 Å². The first-order valence-corrected chi connectivity index (χ1v) is 8.03. The molecule has 0 N–H and O–H groups in total. The number of halogens is 1. The molecule has 1 aromatic carbocycles. The number of hydrogen-bond acceptors (Lipinski definition) is 4. The molecule has 1 fully saturated rings. The molecular formula is C18H20FN3O2. The lowest BCUT2D eigenvalue weighted by molar-refractivity contribution is 0.0619. The van der Waals surface area contributed by atoms with Crippen LogP contribution in [0.3, 0.4) is 0 Å². The minimum absolute atomic E-state index is 0.0188. The zero-order valence-electron chi connectivity index (χ0n) is 13.4. The van der Waals surface area contributed by atoms with Crippen molar-refractivity contribution in [1.29, 1.82) is 0 Å². The largest absolute Gasteiger partial charge is 0.489 e. The van der Waals surface area contributed by atoms with Crippen LogP contribution < -0.4 is 4.74 Å². The van der Waals surface area contributed by atoms with Gasteiger partial charge in [0.25, 0.3) is 5.91 Å². The highest BCUT2D eigenvalue weighted by Crippen LogP contribution is 2.15. The maximum absolute atomic E-state index is 13.5. The van der Waals surface area contributed by atoms with Gasteiger partial charge in [0.1, 0.15) is 6.61 Å². The highest BCUT2D eigenvalue weighted by molar-refractivity contribution is 5.93. The Balaban J connectivity index is 1.42. The summed E-state index contributed by atoms with van der Waals surface area (Å²) in [6, 6.07) is 9.95. The first-order chi connectivity index (χ1) is 11.7. The minimum Gasteiger partial charge on any atom is -0.489 e. The standard InChI is InChI=1S/C18H20FN3O2/c19-16-5-1-2-6-17(16)24-13-12-21-8-10-22(11-9-21)18(23)15-4-3-7-20-14-15/h1-7,14H,8-13H2. The van der Waals surface area contributed by atoms with Gasteiger partial charge in [0, 0.05) is 45.1 Å². The van der Waals surface area contributed by atoms with Gasteiger partial charge in [0.15, 0.2) is 11.6 Å². The second-order valence-corrected chi connectivity index (χ2v) is 5.65. The summed E-state index contributed by atoms with van der Waals surface area (Å²) in [5.74, 6) is -0.0439. The number of rotatable bonds is 5. The van der Waals surface area contributed by atoms with Gasteiger partial charge in [-0.05, 0) is 24.3 Å². The Hall–Kier alpha value is -2.47.